The Labute approximate surface area is 327 Å². The van der Waals surface area contributed by atoms with Gasteiger partial charge >= 0.3 is 7.12 Å². The quantitative estimate of drug-likeness (QED) is 0.0616. The number of para-hydroxylation sites is 2. The van der Waals surface area contributed by atoms with Crippen LogP contribution >= 0.6 is 22.6 Å². The van der Waals surface area contributed by atoms with Gasteiger partial charge in [0.25, 0.3) is 0 Å². The summed E-state index contributed by atoms with van der Waals surface area (Å²) < 4.78 is 85.0. The smallest absolute Gasteiger partial charge is 0.423 e. The van der Waals surface area contributed by atoms with Gasteiger partial charge in [-0.1, -0.05) is 36.4 Å². The molecule has 20 heteroatoms. The Morgan fingerprint density at radius 1 is 0.589 bits per heavy atom. The van der Waals surface area contributed by atoms with Crippen LogP contribution in [0.4, 0.5) is 49.4 Å². The normalized spacial score (nSPS) is 10.8. The molecule has 0 aliphatic carbocycles. The first-order valence-corrected chi connectivity index (χ1v) is 17.2. The Balaban J connectivity index is 0.000000156. The topological polar surface area (TPSA) is 152 Å². The van der Waals surface area contributed by atoms with Gasteiger partial charge in [-0.2, -0.15) is 0 Å². The molecule has 0 radical (unpaired) electrons. The van der Waals surface area contributed by atoms with Crippen LogP contribution in [0.3, 0.4) is 0 Å². The fourth-order valence-electron chi connectivity index (χ4n) is 5.06. The summed E-state index contributed by atoms with van der Waals surface area (Å²) in [5.74, 6) is -3.22. The molecule has 0 aliphatic rings. The zero-order chi connectivity index (χ0) is 40.1. The van der Waals surface area contributed by atoms with Gasteiger partial charge in [0.15, 0.2) is 43.6 Å². The van der Waals surface area contributed by atoms with Crippen LogP contribution in [0.15, 0.2) is 97.6 Å². The van der Waals surface area contributed by atoms with Gasteiger partial charge in [-0.25, -0.2) is 56.2 Å². The molecule has 0 bridgehead atoms. The number of nitrogens with one attached hydrogen (secondary N) is 2. The minimum Gasteiger partial charge on any atom is -0.423 e. The lowest BCUT2D eigenvalue weighted by atomic mass is 9.80. The van der Waals surface area contributed by atoms with E-state index in [2.05, 4.69) is 40.5 Å². The monoisotopic (exact) mass is 882 g/mol. The number of anilines is 4. The lowest BCUT2D eigenvalue weighted by Gasteiger charge is -2.10. The number of rotatable bonds is 6. The minimum absolute atomic E-state index is 0.124. The van der Waals surface area contributed by atoms with Crippen LogP contribution in [0.5, 0.6) is 0 Å². The predicted octanol–water partition coefficient (Wildman–Crippen LogP) is 6.69. The van der Waals surface area contributed by atoms with Crippen LogP contribution < -0.4 is 16.1 Å². The maximum atomic E-state index is 14.0. The number of nitrogens with zero attached hydrogens (tertiary/aromatic N) is 8. The molecule has 56 heavy (non-hydrogen) atoms. The summed E-state index contributed by atoms with van der Waals surface area (Å²) in [6, 6.07) is 18.1. The Kier molecular flexibility index (Phi) is 12.1. The number of fused-ring (bicyclic) bond motifs is 2. The SMILES string of the molecule is Cn1cnc2c(Nc3c(F)cccc3F)nc(-c3cccc(F)c3)nc21.Cn1cnc2c(Nc3c(F)cccc3F)nc(I)nc21.OB(O)c1cccc(F)c1. The van der Waals surface area contributed by atoms with Gasteiger partial charge in [0.2, 0.25) is 0 Å². The molecule has 0 aliphatic heterocycles. The molecule has 0 saturated heterocycles. The van der Waals surface area contributed by atoms with Crippen molar-refractivity contribution in [1.82, 2.24) is 39.0 Å². The second kappa shape index (κ2) is 17.1. The van der Waals surface area contributed by atoms with Crippen molar-refractivity contribution in [2.24, 2.45) is 14.1 Å². The maximum absolute atomic E-state index is 14.0. The van der Waals surface area contributed by atoms with E-state index in [4.69, 9.17) is 10.0 Å². The van der Waals surface area contributed by atoms with Crippen molar-refractivity contribution in [3.63, 3.8) is 0 Å². The first-order chi connectivity index (χ1) is 26.8. The van der Waals surface area contributed by atoms with Crippen molar-refractivity contribution >= 4 is 80.5 Å². The number of aromatic nitrogens is 8. The standard InChI is InChI=1S/C18H12F3N5.C12H8F2IN5.C6H6BFO2/c1-26-9-22-15-17(23-14-12(20)6-3-7-13(14)21)24-16(25-18(15)26)10-4-2-5-11(19)8-10;1-20-5-16-9-10(18-12(15)19-11(9)20)17-8-6(13)3-2-4-7(8)14;8-6-3-1-2-5(4-6)7(9)10/h2-9H,1H3,(H,23,24,25);2-5H,1H3,(H,17,18,19);1-4,9-10H. The zero-order valence-corrected chi connectivity index (χ0v) is 31.1. The highest BCUT2D eigenvalue weighted by atomic mass is 127. The largest absolute Gasteiger partial charge is 0.488 e. The Morgan fingerprint density at radius 3 is 1.54 bits per heavy atom. The van der Waals surface area contributed by atoms with Crippen LogP contribution in [0.25, 0.3) is 33.7 Å². The van der Waals surface area contributed by atoms with Crippen molar-refractivity contribution in [2.45, 2.75) is 0 Å². The van der Waals surface area contributed by atoms with E-state index in [-0.39, 0.29) is 34.3 Å². The molecule has 0 saturated carbocycles. The Morgan fingerprint density at radius 2 is 1.05 bits per heavy atom. The third-order valence-corrected chi connectivity index (χ3v) is 8.22. The molecule has 12 nitrogen and oxygen atoms in total. The van der Waals surface area contributed by atoms with Crippen LogP contribution in [0, 0.1) is 38.7 Å². The van der Waals surface area contributed by atoms with Gasteiger partial charge in [0.05, 0.1) is 12.7 Å². The summed E-state index contributed by atoms with van der Waals surface area (Å²) in [5.41, 5.74) is 1.83. The number of aryl methyl sites for hydroxylation is 2. The molecule has 4 aromatic heterocycles. The molecule has 0 amide bonds. The summed E-state index contributed by atoms with van der Waals surface area (Å²) in [6.07, 6.45) is 3.08. The van der Waals surface area contributed by atoms with Gasteiger partial charge < -0.3 is 29.8 Å². The third-order valence-electron chi connectivity index (χ3n) is 7.73. The molecule has 284 valence electrons. The summed E-state index contributed by atoms with van der Waals surface area (Å²) in [7, 11) is 1.92. The van der Waals surface area contributed by atoms with E-state index in [1.165, 1.54) is 67.0 Å². The number of imidazole rings is 2. The molecule has 0 spiro atoms. The molecule has 0 fully saturated rings. The van der Waals surface area contributed by atoms with E-state index >= 15 is 0 Å². The molecule has 8 rings (SSSR count). The second-order valence-electron chi connectivity index (χ2n) is 11.7. The molecule has 4 N–H and O–H groups in total. The summed E-state index contributed by atoms with van der Waals surface area (Å²) >= 11 is 1.94. The van der Waals surface area contributed by atoms with E-state index in [0.29, 0.717) is 31.7 Å². The first-order valence-electron chi connectivity index (χ1n) is 16.1. The molecule has 4 aromatic carbocycles. The fraction of sp³-hybridized carbons (Fsp3) is 0.0556. The van der Waals surface area contributed by atoms with Crippen molar-refractivity contribution in [3.05, 3.63) is 136 Å². The van der Waals surface area contributed by atoms with Gasteiger partial charge in [-0.3, -0.25) is 0 Å². The van der Waals surface area contributed by atoms with Crippen LogP contribution in [-0.4, -0.2) is 56.2 Å². The number of halogens is 7. The van der Waals surface area contributed by atoms with Crippen LogP contribution in [0.2, 0.25) is 0 Å². The van der Waals surface area contributed by atoms with Gasteiger partial charge in [0, 0.05) is 42.2 Å². The predicted molar refractivity (Wildman–Crippen MR) is 206 cm³/mol. The van der Waals surface area contributed by atoms with Crippen molar-refractivity contribution in [3.8, 4) is 11.4 Å². The van der Waals surface area contributed by atoms with Crippen molar-refractivity contribution < 1.29 is 36.4 Å². The molecule has 0 atom stereocenters. The Hall–Kier alpha value is -6.13. The zero-order valence-electron chi connectivity index (χ0n) is 28.9. The molecular formula is C36H26BF6IN10O2. The third kappa shape index (κ3) is 9.04. The van der Waals surface area contributed by atoms with E-state index in [0.717, 1.165) is 18.2 Å². The Bertz CT molecular complexity index is 2640. The lowest BCUT2D eigenvalue weighted by molar-refractivity contribution is 0.425. The van der Waals surface area contributed by atoms with E-state index in [1.54, 1.807) is 35.6 Å². The van der Waals surface area contributed by atoms with Crippen molar-refractivity contribution in [2.75, 3.05) is 10.6 Å². The van der Waals surface area contributed by atoms with Crippen LogP contribution in [0.1, 0.15) is 0 Å². The average Bonchev–Trinajstić information content (AvgIpc) is 3.73. The van der Waals surface area contributed by atoms with Gasteiger partial charge in [0.1, 0.15) is 46.3 Å². The van der Waals surface area contributed by atoms with E-state index in [1.807, 2.05) is 22.6 Å². The molecule has 4 heterocycles. The lowest BCUT2D eigenvalue weighted by Crippen LogP contribution is -2.29. The summed E-state index contributed by atoms with van der Waals surface area (Å²) in [4.78, 5) is 25.4. The van der Waals surface area contributed by atoms with Crippen molar-refractivity contribution in [1.29, 1.82) is 0 Å². The average molecular weight is 882 g/mol. The highest BCUT2D eigenvalue weighted by Crippen LogP contribution is 2.29. The van der Waals surface area contributed by atoms with Gasteiger partial charge in [-0.15, -0.1) is 0 Å². The molecule has 0 unspecified atom stereocenters. The summed E-state index contributed by atoms with van der Waals surface area (Å²) in [5, 5.41) is 22.4. The minimum atomic E-state index is -1.59. The van der Waals surface area contributed by atoms with Crippen LogP contribution in [-0.2, 0) is 14.1 Å². The second-order valence-corrected chi connectivity index (χ2v) is 12.6. The summed E-state index contributed by atoms with van der Waals surface area (Å²) in [6.45, 7) is 0. The number of benzene rings is 4. The van der Waals surface area contributed by atoms with E-state index in [9.17, 15) is 26.3 Å². The number of hydrogen-bond acceptors (Lipinski definition) is 10. The fourth-order valence-corrected chi connectivity index (χ4v) is 5.53. The highest BCUT2D eigenvalue weighted by molar-refractivity contribution is 14.1. The highest BCUT2D eigenvalue weighted by Gasteiger charge is 2.18. The van der Waals surface area contributed by atoms with E-state index < -0.39 is 42.0 Å². The number of hydrogen-bond donors (Lipinski definition) is 4. The first kappa shape index (κ1) is 39.6. The molecule has 8 aromatic rings. The van der Waals surface area contributed by atoms with Gasteiger partial charge in [-0.05, 0) is 54.0 Å². The maximum Gasteiger partial charge on any atom is 0.488 e. The molecular weight excluding hydrogens is 856 g/mol.